The third kappa shape index (κ3) is 3.40. The minimum atomic E-state index is -0.192. The van der Waals surface area contributed by atoms with Gasteiger partial charge in [0.1, 0.15) is 18.1 Å². The number of aromatic nitrogens is 4. The Morgan fingerprint density at radius 1 is 1.22 bits per heavy atom. The summed E-state index contributed by atoms with van der Waals surface area (Å²) in [6.45, 7) is 1.42. The van der Waals surface area contributed by atoms with E-state index in [1.165, 1.54) is 12.5 Å². The van der Waals surface area contributed by atoms with Crippen LogP contribution in [0.5, 0.6) is 0 Å². The van der Waals surface area contributed by atoms with Crippen LogP contribution in [0.15, 0.2) is 31.0 Å². The molecule has 0 atom stereocenters. The Hall–Kier alpha value is -3.08. The molecule has 0 unspecified atom stereocenters. The Morgan fingerprint density at radius 3 is 2.70 bits per heavy atom. The molecule has 0 radical (unpaired) electrons. The van der Waals surface area contributed by atoms with E-state index >= 15 is 0 Å². The van der Waals surface area contributed by atoms with E-state index in [0.29, 0.717) is 30.3 Å². The lowest BCUT2D eigenvalue weighted by Gasteiger charge is -2.33. The largest absolute Gasteiger partial charge is 0.354 e. The molecule has 2 aromatic heterocycles. The monoisotopic (exact) mass is 309 g/mol. The number of amides is 1. The molecule has 1 fully saturated rings. The van der Waals surface area contributed by atoms with Gasteiger partial charge < -0.3 is 10.2 Å². The second-order valence-electron chi connectivity index (χ2n) is 5.17. The van der Waals surface area contributed by atoms with Crippen LogP contribution in [0.3, 0.4) is 0 Å². The first-order valence-electron chi connectivity index (χ1n) is 7.31. The van der Waals surface area contributed by atoms with Crippen molar-refractivity contribution in [3.05, 3.63) is 42.4 Å². The molecular weight excluding hydrogens is 294 g/mol. The van der Waals surface area contributed by atoms with Crippen LogP contribution in [0.4, 0.5) is 5.82 Å². The van der Waals surface area contributed by atoms with Crippen molar-refractivity contribution < 1.29 is 4.79 Å². The summed E-state index contributed by atoms with van der Waals surface area (Å²) < 4.78 is 0. The van der Waals surface area contributed by atoms with Crippen molar-refractivity contribution in [2.75, 3.05) is 18.0 Å². The Balaban J connectivity index is 1.59. The van der Waals surface area contributed by atoms with Crippen molar-refractivity contribution in [2.24, 2.45) is 0 Å². The molecule has 8 nitrogen and oxygen atoms in total. The zero-order valence-electron chi connectivity index (χ0n) is 12.4. The van der Waals surface area contributed by atoms with Gasteiger partial charge in [0.25, 0.3) is 5.91 Å². The van der Waals surface area contributed by atoms with Gasteiger partial charge in [0, 0.05) is 37.7 Å². The third-order valence-electron chi connectivity index (χ3n) is 3.73. The van der Waals surface area contributed by atoms with E-state index in [1.807, 2.05) is 4.90 Å². The van der Waals surface area contributed by atoms with Gasteiger partial charge in [-0.3, -0.25) is 4.79 Å². The van der Waals surface area contributed by atoms with Crippen molar-refractivity contribution in [3.8, 4) is 6.07 Å². The summed E-state index contributed by atoms with van der Waals surface area (Å²) in [5.41, 5.74) is 0.694. The molecule has 3 rings (SSSR count). The zero-order chi connectivity index (χ0) is 16.1. The highest BCUT2D eigenvalue weighted by Gasteiger charge is 2.24. The maximum Gasteiger partial charge on any atom is 0.270 e. The fourth-order valence-corrected chi connectivity index (χ4v) is 2.56. The molecular formula is C15H15N7O. The van der Waals surface area contributed by atoms with Gasteiger partial charge in [-0.2, -0.15) is 5.26 Å². The Bertz CT molecular complexity index is 720. The summed E-state index contributed by atoms with van der Waals surface area (Å²) in [7, 11) is 0. The van der Waals surface area contributed by atoms with Gasteiger partial charge >= 0.3 is 0 Å². The van der Waals surface area contributed by atoms with Gasteiger partial charge in [-0.25, -0.2) is 19.9 Å². The van der Waals surface area contributed by atoms with Crippen LogP contribution in [0.25, 0.3) is 0 Å². The zero-order valence-corrected chi connectivity index (χ0v) is 12.4. The molecule has 0 bridgehead atoms. The van der Waals surface area contributed by atoms with Crippen LogP contribution in [-0.4, -0.2) is 45.0 Å². The average Bonchev–Trinajstić information content (AvgIpc) is 2.63. The molecule has 0 aromatic carbocycles. The standard InChI is InChI=1S/C15H15N7O/c16-9-13-14(19-6-5-18-13)22-7-2-11(3-8-22)21-15(23)12-1-4-17-10-20-12/h1,4-6,10-11H,2-3,7-8H2,(H,21,23). The number of anilines is 1. The number of carbonyl (C=O) groups excluding carboxylic acids is 1. The van der Waals surface area contributed by atoms with Crippen LogP contribution in [0.1, 0.15) is 29.0 Å². The van der Waals surface area contributed by atoms with E-state index in [4.69, 9.17) is 5.26 Å². The summed E-state index contributed by atoms with van der Waals surface area (Å²) in [5.74, 6) is 0.415. The van der Waals surface area contributed by atoms with Gasteiger partial charge in [0.15, 0.2) is 11.5 Å². The first-order chi connectivity index (χ1) is 11.3. The fraction of sp³-hybridized carbons (Fsp3) is 0.333. The summed E-state index contributed by atoms with van der Waals surface area (Å²) in [5, 5.41) is 12.1. The Labute approximate surface area is 133 Å². The van der Waals surface area contributed by atoms with Crippen LogP contribution in [0.2, 0.25) is 0 Å². The third-order valence-corrected chi connectivity index (χ3v) is 3.73. The summed E-state index contributed by atoms with van der Waals surface area (Å²) >= 11 is 0. The number of hydrogen-bond acceptors (Lipinski definition) is 7. The quantitative estimate of drug-likeness (QED) is 0.881. The molecule has 0 saturated carbocycles. The van der Waals surface area contributed by atoms with E-state index in [0.717, 1.165) is 12.8 Å². The first-order valence-corrected chi connectivity index (χ1v) is 7.31. The highest BCUT2D eigenvalue weighted by atomic mass is 16.1. The van der Waals surface area contributed by atoms with Crippen LogP contribution in [-0.2, 0) is 0 Å². The number of piperidine rings is 1. The molecule has 8 heteroatoms. The lowest BCUT2D eigenvalue weighted by molar-refractivity contribution is 0.0926. The minimum absolute atomic E-state index is 0.0796. The van der Waals surface area contributed by atoms with E-state index in [-0.39, 0.29) is 11.9 Å². The first kappa shape index (κ1) is 14.8. The van der Waals surface area contributed by atoms with Crippen molar-refractivity contribution >= 4 is 11.7 Å². The number of nitrogens with zero attached hydrogens (tertiary/aromatic N) is 6. The van der Waals surface area contributed by atoms with Crippen molar-refractivity contribution in [2.45, 2.75) is 18.9 Å². The average molecular weight is 309 g/mol. The molecule has 1 saturated heterocycles. The number of nitrogens with one attached hydrogen (secondary N) is 1. The SMILES string of the molecule is N#Cc1nccnc1N1CCC(NC(=O)c2ccncn2)CC1. The lowest BCUT2D eigenvalue weighted by Crippen LogP contribution is -2.45. The van der Waals surface area contributed by atoms with E-state index < -0.39 is 0 Å². The van der Waals surface area contributed by atoms with Crippen molar-refractivity contribution in [1.82, 2.24) is 25.3 Å². The van der Waals surface area contributed by atoms with Crippen LogP contribution >= 0.6 is 0 Å². The molecule has 3 heterocycles. The Kier molecular flexibility index (Phi) is 4.38. The van der Waals surface area contributed by atoms with Gasteiger partial charge in [-0.05, 0) is 18.9 Å². The summed E-state index contributed by atoms with van der Waals surface area (Å²) in [6, 6.07) is 3.72. The molecule has 1 aliphatic heterocycles. The van der Waals surface area contributed by atoms with E-state index in [1.54, 1.807) is 18.5 Å². The van der Waals surface area contributed by atoms with Gasteiger partial charge in [0.05, 0.1) is 0 Å². The van der Waals surface area contributed by atoms with Crippen molar-refractivity contribution in [3.63, 3.8) is 0 Å². The molecule has 23 heavy (non-hydrogen) atoms. The molecule has 0 spiro atoms. The van der Waals surface area contributed by atoms with Crippen LogP contribution in [0, 0.1) is 11.3 Å². The number of carbonyl (C=O) groups is 1. The maximum absolute atomic E-state index is 12.1. The molecule has 1 N–H and O–H groups in total. The normalized spacial score (nSPS) is 15.0. The van der Waals surface area contributed by atoms with Crippen molar-refractivity contribution in [1.29, 1.82) is 5.26 Å². The van der Waals surface area contributed by atoms with Gasteiger partial charge in [-0.1, -0.05) is 0 Å². The smallest absolute Gasteiger partial charge is 0.270 e. The van der Waals surface area contributed by atoms with Gasteiger partial charge in [-0.15, -0.1) is 0 Å². The fourth-order valence-electron chi connectivity index (χ4n) is 2.56. The number of rotatable bonds is 3. The Morgan fingerprint density at radius 2 is 2.00 bits per heavy atom. The predicted molar refractivity (Wildman–Crippen MR) is 81.5 cm³/mol. The highest BCUT2D eigenvalue weighted by Crippen LogP contribution is 2.20. The summed E-state index contributed by atoms with van der Waals surface area (Å²) in [6.07, 6.45) is 7.55. The van der Waals surface area contributed by atoms with Crippen LogP contribution < -0.4 is 10.2 Å². The number of hydrogen-bond donors (Lipinski definition) is 1. The highest BCUT2D eigenvalue weighted by molar-refractivity contribution is 5.92. The van der Waals surface area contributed by atoms with E-state index in [9.17, 15) is 4.79 Å². The lowest BCUT2D eigenvalue weighted by atomic mass is 10.0. The maximum atomic E-state index is 12.1. The van der Waals surface area contributed by atoms with Gasteiger partial charge in [0.2, 0.25) is 0 Å². The minimum Gasteiger partial charge on any atom is -0.354 e. The second kappa shape index (κ2) is 6.79. The topological polar surface area (TPSA) is 108 Å². The molecule has 2 aromatic rings. The molecule has 0 aliphatic carbocycles. The second-order valence-corrected chi connectivity index (χ2v) is 5.17. The summed E-state index contributed by atoms with van der Waals surface area (Å²) in [4.78, 5) is 30.1. The predicted octanol–water partition coefficient (Wildman–Crippen LogP) is 0.537. The van der Waals surface area contributed by atoms with E-state index in [2.05, 4.69) is 31.3 Å². The molecule has 116 valence electrons. The molecule has 1 aliphatic rings. The number of nitriles is 1. The molecule has 1 amide bonds.